The predicted octanol–water partition coefficient (Wildman–Crippen LogP) is 4.78. The molecule has 20 heteroatoms. The molecule has 1 atom stereocenters. The summed E-state index contributed by atoms with van der Waals surface area (Å²) in [4.78, 5) is 74.1. The predicted molar refractivity (Wildman–Crippen MR) is 240 cm³/mol. The van der Waals surface area contributed by atoms with E-state index in [1.54, 1.807) is 36.5 Å². The van der Waals surface area contributed by atoms with Crippen LogP contribution in [0.2, 0.25) is 5.02 Å². The summed E-state index contributed by atoms with van der Waals surface area (Å²) in [6.07, 6.45) is 4.43. The summed E-state index contributed by atoms with van der Waals surface area (Å²) in [7, 11) is 0. The maximum absolute atomic E-state index is 14.6. The molecule has 0 spiro atoms. The van der Waals surface area contributed by atoms with E-state index < -0.39 is 29.1 Å². The van der Waals surface area contributed by atoms with Crippen LogP contribution in [0.15, 0.2) is 66.2 Å². The lowest BCUT2D eigenvalue weighted by atomic mass is 9.69. The van der Waals surface area contributed by atoms with Crippen molar-refractivity contribution < 1.29 is 47.3 Å². The van der Waals surface area contributed by atoms with Crippen molar-refractivity contribution in [2.24, 2.45) is 5.41 Å². The number of hydrogen-bond donors (Lipinski definition) is 5. The molecule has 1 unspecified atom stereocenters. The van der Waals surface area contributed by atoms with Crippen molar-refractivity contribution in [3.05, 3.63) is 93.8 Å². The van der Waals surface area contributed by atoms with Crippen LogP contribution in [0.3, 0.4) is 0 Å². The van der Waals surface area contributed by atoms with Gasteiger partial charge in [-0.15, -0.1) is 11.3 Å². The van der Waals surface area contributed by atoms with Crippen molar-refractivity contribution in [2.75, 3.05) is 69.9 Å². The number of piperidine rings is 1. The highest BCUT2D eigenvalue weighted by Crippen LogP contribution is 2.41. The zero-order valence-corrected chi connectivity index (χ0v) is 37.3. The van der Waals surface area contributed by atoms with Crippen LogP contribution in [0.5, 0.6) is 5.75 Å². The minimum Gasteiger partial charge on any atom is -0.487 e. The third-order valence-corrected chi connectivity index (χ3v) is 12.4. The minimum absolute atomic E-state index is 0.00172. The van der Waals surface area contributed by atoms with E-state index >= 15 is 0 Å². The summed E-state index contributed by atoms with van der Waals surface area (Å²) in [5, 5.41) is 17.3. The van der Waals surface area contributed by atoms with Crippen LogP contribution in [0.4, 0.5) is 21.0 Å². The normalized spacial score (nSPS) is 19.4. The van der Waals surface area contributed by atoms with Crippen LogP contribution < -0.4 is 31.3 Å². The van der Waals surface area contributed by atoms with Crippen LogP contribution >= 0.6 is 22.9 Å². The number of hydrogen-bond acceptors (Lipinski definition) is 14. The molecule has 0 radical (unpaired) electrons. The first-order chi connectivity index (χ1) is 31.6. The molecule has 17 nitrogen and oxygen atoms in total. The van der Waals surface area contributed by atoms with Gasteiger partial charge in [0, 0.05) is 73.1 Å². The highest BCUT2D eigenvalue weighted by atomic mass is 35.5. The molecule has 2 aromatic heterocycles. The van der Waals surface area contributed by atoms with Crippen LogP contribution in [-0.2, 0) is 46.4 Å². The molecule has 346 valence electrons. The summed E-state index contributed by atoms with van der Waals surface area (Å²) in [6.45, 7) is 2.99. The second-order valence-corrected chi connectivity index (χ2v) is 17.2. The van der Waals surface area contributed by atoms with Crippen molar-refractivity contribution in [3.63, 3.8) is 0 Å². The van der Waals surface area contributed by atoms with Crippen LogP contribution in [-0.4, -0.2) is 116 Å². The number of pyridine rings is 1. The molecular weight excluding hydrogens is 883 g/mol. The zero-order valence-electron chi connectivity index (χ0n) is 35.7. The van der Waals surface area contributed by atoms with Gasteiger partial charge < -0.3 is 45.1 Å². The first kappa shape index (κ1) is 47.4. The lowest BCUT2D eigenvalue weighted by Gasteiger charge is -2.39. The Morgan fingerprint density at radius 2 is 1.69 bits per heavy atom. The van der Waals surface area contributed by atoms with Crippen LogP contribution in [0.25, 0.3) is 0 Å². The summed E-state index contributed by atoms with van der Waals surface area (Å²) in [5.41, 5.74) is 1.50. The van der Waals surface area contributed by atoms with Gasteiger partial charge in [-0.05, 0) is 68.5 Å². The van der Waals surface area contributed by atoms with E-state index in [2.05, 4.69) is 31.6 Å². The summed E-state index contributed by atoms with van der Waals surface area (Å²) in [6, 6.07) is 14.6. The number of anilines is 3. The number of imide groups is 1. The molecule has 2 fully saturated rings. The number of nitrogens with one attached hydrogen (secondary N) is 5. The summed E-state index contributed by atoms with van der Waals surface area (Å²) < 4.78 is 37.3. The quantitative estimate of drug-likeness (QED) is 0.0502. The number of amides is 5. The Bertz CT molecular complexity index is 2300. The molecule has 2 aromatic carbocycles. The number of benzene rings is 2. The number of thiazole rings is 1. The first-order valence-electron chi connectivity index (χ1n) is 21.6. The number of fused-ring (bicyclic) bond motifs is 1. The van der Waals surface area contributed by atoms with E-state index in [4.69, 9.17) is 35.5 Å². The fourth-order valence-corrected chi connectivity index (χ4v) is 8.81. The van der Waals surface area contributed by atoms with E-state index in [1.807, 2.05) is 23.6 Å². The van der Waals surface area contributed by atoms with Gasteiger partial charge in [-0.1, -0.05) is 29.8 Å². The van der Waals surface area contributed by atoms with E-state index in [0.717, 1.165) is 10.8 Å². The average Bonchev–Trinajstić information content (AvgIpc) is 3.93. The molecular formula is C45H52ClFN8O9S. The van der Waals surface area contributed by atoms with E-state index in [-0.39, 0.29) is 73.8 Å². The molecule has 0 bridgehead atoms. The van der Waals surface area contributed by atoms with Crippen molar-refractivity contribution in [1.29, 1.82) is 0 Å². The van der Waals surface area contributed by atoms with Crippen LogP contribution in [0.1, 0.15) is 60.1 Å². The maximum Gasteiger partial charge on any atom is 0.255 e. The number of aromatic nitrogens is 2. The molecule has 5 amide bonds. The third kappa shape index (κ3) is 12.8. The molecule has 1 aliphatic carbocycles. The molecule has 65 heavy (non-hydrogen) atoms. The average molecular weight is 935 g/mol. The van der Waals surface area contributed by atoms with Gasteiger partial charge in [0.1, 0.15) is 18.5 Å². The fourth-order valence-electron chi connectivity index (χ4n) is 8.10. The molecule has 1 saturated carbocycles. The van der Waals surface area contributed by atoms with Gasteiger partial charge >= 0.3 is 0 Å². The Hall–Kier alpha value is -5.57. The van der Waals surface area contributed by atoms with Crippen molar-refractivity contribution >= 4 is 69.1 Å². The summed E-state index contributed by atoms with van der Waals surface area (Å²) >= 11 is 7.45. The molecule has 2 aliphatic heterocycles. The number of ether oxygens (including phenoxy) is 4. The monoisotopic (exact) mass is 934 g/mol. The first-order valence-corrected chi connectivity index (χ1v) is 22.9. The number of halogens is 2. The molecule has 7 rings (SSSR count). The Kier molecular flexibility index (Phi) is 16.8. The van der Waals surface area contributed by atoms with Crippen molar-refractivity contribution in [3.8, 4) is 5.75 Å². The highest BCUT2D eigenvalue weighted by molar-refractivity contribution is 7.13. The summed E-state index contributed by atoms with van der Waals surface area (Å²) in [5.74, 6) is -1.49. The molecule has 4 heterocycles. The number of carbonyl (C=O) groups is 5. The van der Waals surface area contributed by atoms with E-state index in [0.29, 0.717) is 94.2 Å². The van der Waals surface area contributed by atoms with Gasteiger partial charge in [0.15, 0.2) is 16.7 Å². The standard InChI is InChI=1S/C45H52ClFN8O9S/c46-33-6-3-8-36(40(33)47)64-30-12-14-45(15-13-30,26-29-4-1-9-37(51-29)53-44-50-19-25-65-44)43(60)49-17-16-48-18-20-61-21-22-62-23-24-63-28-39(57)52-34-7-2-5-31-32(34)27-55(42(31)59)35-10-11-38(56)54-41(35)58/h1-9,19,25,30,35,48H,10-18,20-24,26-28H2,(H,49,60)(H,52,57)(H,50,51,53)(H,54,56,58). The number of nitrogens with zero attached hydrogens (tertiary/aromatic N) is 3. The van der Waals surface area contributed by atoms with Gasteiger partial charge in [-0.25, -0.2) is 14.4 Å². The van der Waals surface area contributed by atoms with Gasteiger partial charge in [0.25, 0.3) is 5.91 Å². The van der Waals surface area contributed by atoms with Crippen molar-refractivity contribution in [1.82, 2.24) is 30.8 Å². The topological polar surface area (TPSA) is 211 Å². The van der Waals surface area contributed by atoms with Gasteiger partial charge in [0.2, 0.25) is 23.6 Å². The smallest absolute Gasteiger partial charge is 0.255 e. The molecule has 5 N–H and O–H groups in total. The highest BCUT2D eigenvalue weighted by Gasteiger charge is 2.43. The Morgan fingerprint density at radius 3 is 2.48 bits per heavy atom. The van der Waals surface area contributed by atoms with Gasteiger partial charge in [0.05, 0.1) is 49.6 Å². The number of carbonyl (C=O) groups excluding carboxylic acids is 5. The third-order valence-electron chi connectivity index (χ3n) is 11.4. The lowest BCUT2D eigenvalue weighted by Crippen LogP contribution is -2.52. The SMILES string of the molecule is O=C1CCC(N2Cc3c(NC(=O)COCCOCCOCCNCCNC(=O)C4(Cc5cccc(Nc6nccs6)n5)CCC(Oc5cccc(Cl)c5F)CC4)cccc3C2=O)C(=O)N1. The molecule has 4 aromatic rings. The Labute approximate surface area is 384 Å². The van der Waals surface area contributed by atoms with Gasteiger partial charge in [-0.2, -0.15) is 0 Å². The Balaban J connectivity index is 0.758. The second-order valence-electron chi connectivity index (χ2n) is 15.9. The molecule has 3 aliphatic rings. The Morgan fingerprint density at radius 1 is 0.923 bits per heavy atom. The number of rotatable bonds is 23. The van der Waals surface area contributed by atoms with Gasteiger partial charge in [-0.3, -0.25) is 29.3 Å². The lowest BCUT2D eigenvalue weighted by molar-refractivity contribution is -0.137. The molecule has 1 saturated heterocycles. The minimum atomic E-state index is -0.748. The largest absolute Gasteiger partial charge is 0.487 e. The second kappa shape index (κ2) is 23.1. The fraction of sp³-hybridized carbons (Fsp3) is 0.444. The van der Waals surface area contributed by atoms with Crippen LogP contribution in [0, 0.1) is 11.2 Å². The zero-order chi connectivity index (χ0) is 45.6. The van der Waals surface area contributed by atoms with E-state index in [1.165, 1.54) is 22.3 Å². The van der Waals surface area contributed by atoms with Crippen molar-refractivity contribution in [2.45, 2.75) is 63.6 Å². The maximum atomic E-state index is 14.6. The van der Waals surface area contributed by atoms with E-state index in [9.17, 15) is 28.4 Å².